The molecule has 2 aliphatic rings. The number of rotatable bonds is 8. The van der Waals surface area contributed by atoms with Crippen LogP contribution in [0.1, 0.15) is 29.5 Å². The zero-order valence-electron chi connectivity index (χ0n) is 22.2. The predicted molar refractivity (Wildman–Crippen MR) is 147 cm³/mol. The average molecular weight is 576 g/mol. The van der Waals surface area contributed by atoms with Gasteiger partial charge < -0.3 is 19.5 Å². The number of carboxylic acid groups (broad SMARTS) is 1. The fourth-order valence-electron chi connectivity index (χ4n) is 5.24. The Hall–Kier alpha value is -3.15. The first-order valence-electron chi connectivity index (χ1n) is 13.3. The van der Waals surface area contributed by atoms with Crippen LogP contribution in [-0.4, -0.2) is 66.0 Å². The number of ether oxygens (including phenoxy) is 2. The van der Waals surface area contributed by atoms with Gasteiger partial charge in [0.15, 0.2) is 5.13 Å². The molecule has 0 amide bonds. The number of anilines is 1. The Bertz CT molecular complexity index is 1330. The monoisotopic (exact) mass is 575 g/mol. The lowest BCUT2D eigenvalue weighted by molar-refractivity contribution is -0.161. The molecule has 2 aromatic carbocycles. The standard InChI is InChI=1S/C29H32F3N3O4S/c1-19-14-20(16-34-10-12-38-13-11-34)6-7-22(19)17-39-25-5-3-2-4-23(25)24-18-40-28(33-24)35-9-8-21(27(36)37)15-26(35)29(30,31)32/h2-7,14,18,21,26H,8-13,15-17H2,1H3,(H,36,37). The number of thiazole rings is 1. The molecule has 11 heteroatoms. The Labute approximate surface area is 235 Å². The van der Waals surface area contributed by atoms with Gasteiger partial charge in [-0.25, -0.2) is 4.98 Å². The van der Waals surface area contributed by atoms with Gasteiger partial charge in [-0.1, -0.05) is 30.3 Å². The number of halogens is 3. The van der Waals surface area contributed by atoms with Crippen LogP contribution in [-0.2, 0) is 22.7 Å². The highest BCUT2D eigenvalue weighted by atomic mass is 32.1. The minimum absolute atomic E-state index is 0.0208. The van der Waals surface area contributed by atoms with Crippen molar-refractivity contribution in [3.05, 3.63) is 64.5 Å². The van der Waals surface area contributed by atoms with Gasteiger partial charge >= 0.3 is 12.1 Å². The van der Waals surface area contributed by atoms with E-state index in [1.165, 1.54) is 10.5 Å². The van der Waals surface area contributed by atoms with E-state index in [1.54, 1.807) is 5.38 Å². The van der Waals surface area contributed by atoms with Crippen molar-refractivity contribution in [3.8, 4) is 17.0 Å². The minimum Gasteiger partial charge on any atom is -0.488 e. The Morgan fingerprint density at radius 3 is 2.67 bits per heavy atom. The first kappa shape index (κ1) is 28.4. The molecule has 1 aromatic heterocycles. The van der Waals surface area contributed by atoms with Crippen LogP contribution in [0.3, 0.4) is 0 Å². The molecule has 214 valence electrons. The van der Waals surface area contributed by atoms with Crippen LogP contribution in [0.25, 0.3) is 11.3 Å². The molecule has 2 unspecified atom stereocenters. The number of aryl methyl sites for hydroxylation is 1. The van der Waals surface area contributed by atoms with Crippen LogP contribution in [0.15, 0.2) is 47.8 Å². The van der Waals surface area contributed by atoms with E-state index in [-0.39, 0.29) is 18.1 Å². The van der Waals surface area contributed by atoms with Crippen molar-refractivity contribution in [1.29, 1.82) is 0 Å². The first-order chi connectivity index (χ1) is 19.2. The van der Waals surface area contributed by atoms with Crippen molar-refractivity contribution in [1.82, 2.24) is 9.88 Å². The number of nitrogens with zero attached hydrogens (tertiary/aromatic N) is 3. The predicted octanol–water partition coefficient (Wildman–Crippen LogP) is 5.76. The molecule has 0 aliphatic carbocycles. The smallest absolute Gasteiger partial charge is 0.408 e. The summed E-state index contributed by atoms with van der Waals surface area (Å²) < 4.78 is 53.2. The second-order valence-electron chi connectivity index (χ2n) is 10.3. The number of hydrogen-bond acceptors (Lipinski definition) is 7. The van der Waals surface area contributed by atoms with Crippen LogP contribution in [0.5, 0.6) is 5.75 Å². The Balaban J connectivity index is 1.29. The average Bonchev–Trinajstić information content (AvgIpc) is 3.43. The lowest BCUT2D eigenvalue weighted by Gasteiger charge is -2.38. The van der Waals surface area contributed by atoms with Crippen LogP contribution in [0, 0.1) is 12.8 Å². The number of carboxylic acids is 1. The molecule has 0 bridgehead atoms. The number of aliphatic carboxylic acids is 1. The molecule has 2 aliphatic heterocycles. The molecule has 0 spiro atoms. The van der Waals surface area contributed by atoms with Crippen molar-refractivity contribution in [2.75, 3.05) is 37.7 Å². The molecular weight excluding hydrogens is 543 g/mol. The second-order valence-corrected chi connectivity index (χ2v) is 11.1. The summed E-state index contributed by atoms with van der Waals surface area (Å²) in [6.45, 7) is 6.64. The van der Waals surface area contributed by atoms with Gasteiger partial charge in [0.1, 0.15) is 18.4 Å². The van der Waals surface area contributed by atoms with E-state index >= 15 is 0 Å². The van der Waals surface area contributed by atoms with Crippen LogP contribution >= 0.6 is 11.3 Å². The van der Waals surface area contributed by atoms with Gasteiger partial charge in [-0.15, -0.1) is 11.3 Å². The summed E-state index contributed by atoms with van der Waals surface area (Å²) in [4.78, 5) is 19.5. The third-order valence-corrected chi connectivity index (χ3v) is 8.41. The van der Waals surface area contributed by atoms with E-state index in [0.29, 0.717) is 23.6 Å². The van der Waals surface area contributed by atoms with Crippen LogP contribution < -0.4 is 9.64 Å². The molecule has 0 radical (unpaired) electrons. The number of hydrogen-bond donors (Lipinski definition) is 1. The number of alkyl halides is 3. The molecule has 1 N–H and O–H groups in total. The summed E-state index contributed by atoms with van der Waals surface area (Å²) in [5.41, 5.74) is 4.63. The van der Waals surface area contributed by atoms with E-state index in [4.69, 9.17) is 9.47 Å². The maximum Gasteiger partial charge on any atom is 0.408 e. The fourth-order valence-corrected chi connectivity index (χ4v) is 6.15. The summed E-state index contributed by atoms with van der Waals surface area (Å²) >= 11 is 1.12. The van der Waals surface area contributed by atoms with Crippen LogP contribution in [0.2, 0.25) is 0 Å². The highest BCUT2D eigenvalue weighted by molar-refractivity contribution is 7.14. The molecule has 0 saturated carbocycles. The molecule has 3 aromatic rings. The van der Waals surface area contributed by atoms with Gasteiger partial charge in [0, 0.05) is 37.1 Å². The molecule has 3 heterocycles. The summed E-state index contributed by atoms with van der Waals surface area (Å²) in [5, 5.41) is 11.2. The number of carbonyl (C=O) groups is 1. The lowest BCUT2D eigenvalue weighted by Crippen LogP contribution is -2.52. The number of morpholine rings is 1. The normalized spacial score (nSPS) is 20.4. The molecule has 7 nitrogen and oxygen atoms in total. The molecule has 2 fully saturated rings. The van der Waals surface area contributed by atoms with E-state index < -0.39 is 30.5 Å². The fraction of sp³-hybridized carbons (Fsp3) is 0.448. The Morgan fingerprint density at radius 1 is 1.18 bits per heavy atom. The van der Waals surface area contributed by atoms with E-state index in [1.807, 2.05) is 24.3 Å². The van der Waals surface area contributed by atoms with Gasteiger partial charge in [-0.05, 0) is 48.6 Å². The van der Waals surface area contributed by atoms with Gasteiger partial charge in [0.05, 0.1) is 24.8 Å². The van der Waals surface area contributed by atoms with Crippen molar-refractivity contribution in [3.63, 3.8) is 0 Å². The summed E-state index contributed by atoms with van der Waals surface area (Å²) in [5.74, 6) is -1.62. The van der Waals surface area contributed by atoms with Crippen molar-refractivity contribution in [2.45, 2.75) is 45.1 Å². The van der Waals surface area contributed by atoms with Gasteiger partial charge in [0.2, 0.25) is 0 Å². The molecule has 40 heavy (non-hydrogen) atoms. The lowest BCUT2D eigenvalue weighted by atomic mass is 9.91. The highest BCUT2D eigenvalue weighted by Crippen LogP contribution is 2.40. The third kappa shape index (κ3) is 6.59. The summed E-state index contributed by atoms with van der Waals surface area (Å²) in [7, 11) is 0. The maximum absolute atomic E-state index is 13.9. The minimum atomic E-state index is -4.56. The summed E-state index contributed by atoms with van der Waals surface area (Å²) in [6, 6.07) is 11.8. The van der Waals surface area contributed by atoms with Gasteiger partial charge in [-0.2, -0.15) is 13.2 Å². The van der Waals surface area contributed by atoms with Crippen molar-refractivity contribution < 1.29 is 32.5 Å². The van der Waals surface area contributed by atoms with E-state index in [9.17, 15) is 23.1 Å². The number of piperidine rings is 1. The van der Waals surface area contributed by atoms with Crippen molar-refractivity contribution in [2.24, 2.45) is 5.92 Å². The first-order valence-corrected chi connectivity index (χ1v) is 14.2. The molecule has 5 rings (SSSR count). The topological polar surface area (TPSA) is 75.1 Å². The molecule has 2 atom stereocenters. The Kier molecular flexibility index (Phi) is 8.62. The molecule has 2 saturated heterocycles. The maximum atomic E-state index is 13.9. The van der Waals surface area contributed by atoms with Crippen LogP contribution in [0.4, 0.5) is 18.3 Å². The summed E-state index contributed by atoms with van der Waals surface area (Å²) in [6.07, 6.45) is -4.91. The zero-order chi connectivity index (χ0) is 28.3. The van der Waals surface area contributed by atoms with E-state index in [0.717, 1.165) is 55.3 Å². The number of benzene rings is 2. The van der Waals surface area contributed by atoms with Crippen molar-refractivity contribution >= 4 is 22.4 Å². The van der Waals surface area contributed by atoms with Gasteiger partial charge in [0.25, 0.3) is 0 Å². The van der Waals surface area contributed by atoms with Gasteiger partial charge in [-0.3, -0.25) is 9.69 Å². The van der Waals surface area contributed by atoms with E-state index in [2.05, 4.69) is 35.0 Å². The highest BCUT2D eigenvalue weighted by Gasteiger charge is 2.49. The zero-order valence-corrected chi connectivity index (χ0v) is 23.0. The Morgan fingerprint density at radius 2 is 1.95 bits per heavy atom. The number of aromatic nitrogens is 1. The number of para-hydroxylation sites is 1. The largest absolute Gasteiger partial charge is 0.488 e. The second kappa shape index (κ2) is 12.2. The quantitative estimate of drug-likeness (QED) is 0.366. The SMILES string of the molecule is Cc1cc(CN2CCOCC2)ccc1COc1ccccc1-c1csc(N2CCC(C(=O)O)CC2C(F)(F)F)n1. The molecular formula is C29H32F3N3O4S. The third-order valence-electron chi connectivity index (χ3n) is 7.53.